The van der Waals surface area contributed by atoms with E-state index < -0.39 is 0 Å². The third-order valence-corrected chi connectivity index (χ3v) is 2.51. The summed E-state index contributed by atoms with van der Waals surface area (Å²) in [5.74, 6) is 0. The standard InChI is InChI=1S/C10H22O2/c1-3-5-7-10(8-11,9-12)6-4-2/h11-12H,3-9H2,1-2H3. The molecule has 0 rings (SSSR count). The highest BCUT2D eigenvalue weighted by Crippen LogP contribution is 2.29. The Morgan fingerprint density at radius 1 is 0.917 bits per heavy atom. The minimum absolute atomic E-state index is 0.122. The van der Waals surface area contributed by atoms with Crippen molar-refractivity contribution in [3.63, 3.8) is 0 Å². The molecule has 0 atom stereocenters. The van der Waals surface area contributed by atoms with Crippen LogP contribution in [0.15, 0.2) is 0 Å². The van der Waals surface area contributed by atoms with Gasteiger partial charge in [-0.05, 0) is 12.8 Å². The van der Waals surface area contributed by atoms with Crippen molar-refractivity contribution < 1.29 is 10.2 Å². The Morgan fingerprint density at radius 3 is 1.83 bits per heavy atom. The molecule has 0 spiro atoms. The van der Waals surface area contributed by atoms with E-state index in [-0.39, 0.29) is 18.6 Å². The molecule has 0 aromatic carbocycles. The van der Waals surface area contributed by atoms with E-state index in [2.05, 4.69) is 13.8 Å². The van der Waals surface area contributed by atoms with Crippen molar-refractivity contribution in [1.29, 1.82) is 0 Å². The Kier molecular flexibility index (Phi) is 6.39. The number of rotatable bonds is 7. The maximum Gasteiger partial charge on any atom is 0.0509 e. The number of hydrogen-bond donors (Lipinski definition) is 2. The molecule has 0 aliphatic rings. The van der Waals surface area contributed by atoms with Gasteiger partial charge in [0, 0.05) is 5.41 Å². The summed E-state index contributed by atoms with van der Waals surface area (Å²) < 4.78 is 0. The fourth-order valence-electron chi connectivity index (χ4n) is 1.57. The lowest BCUT2D eigenvalue weighted by molar-refractivity contribution is 0.0373. The summed E-state index contributed by atoms with van der Waals surface area (Å²) in [4.78, 5) is 0. The number of unbranched alkanes of at least 4 members (excludes halogenated alkanes) is 1. The van der Waals surface area contributed by atoms with Crippen molar-refractivity contribution >= 4 is 0 Å². The summed E-state index contributed by atoms with van der Waals surface area (Å²) in [6, 6.07) is 0. The molecule has 2 nitrogen and oxygen atoms in total. The molecule has 0 amide bonds. The molecule has 0 bridgehead atoms. The Bertz CT molecular complexity index is 98.0. The first-order valence-corrected chi connectivity index (χ1v) is 4.96. The average molecular weight is 174 g/mol. The second kappa shape index (κ2) is 6.44. The summed E-state index contributed by atoms with van der Waals surface area (Å²) in [6.45, 7) is 4.46. The van der Waals surface area contributed by atoms with E-state index in [0.29, 0.717) is 0 Å². The monoisotopic (exact) mass is 174 g/mol. The van der Waals surface area contributed by atoms with Crippen molar-refractivity contribution in [2.75, 3.05) is 13.2 Å². The Labute approximate surface area is 75.6 Å². The average Bonchev–Trinajstić information content (AvgIpc) is 2.13. The van der Waals surface area contributed by atoms with E-state index in [1.165, 1.54) is 0 Å². The minimum Gasteiger partial charge on any atom is -0.396 e. The summed E-state index contributed by atoms with van der Waals surface area (Å²) in [5.41, 5.74) is -0.204. The Hall–Kier alpha value is -0.0800. The van der Waals surface area contributed by atoms with Crippen LogP contribution in [0.2, 0.25) is 0 Å². The molecule has 2 N–H and O–H groups in total. The molecule has 0 aliphatic carbocycles. The molecule has 0 heterocycles. The summed E-state index contributed by atoms with van der Waals surface area (Å²) >= 11 is 0. The zero-order valence-electron chi connectivity index (χ0n) is 8.34. The zero-order valence-corrected chi connectivity index (χ0v) is 8.34. The van der Waals surface area contributed by atoms with Gasteiger partial charge in [0.25, 0.3) is 0 Å². The van der Waals surface area contributed by atoms with Gasteiger partial charge in [0.05, 0.1) is 13.2 Å². The highest BCUT2D eigenvalue weighted by atomic mass is 16.3. The Balaban J connectivity index is 3.95. The van der Waals surface area contributed by atoms with Crippen molar-refractivity contribution in [3.05, 3.63) is 0 Å². The lowest BCUT2D eigenvalue weighted by Gasteiger charge is -2.29. The second-order valence-electron chi connectivity index (χ2n) is 3.67. The molecule has 0 saturated heterocycles. The van der Waals surface area contributed by atoms with Crippen LogP contribution in [0.1, 0.15) is 46.0 Å². The van der Waals surface area contributed by atoms with E-state index in [0.717, 1.165) is 32.1 Å². The summed E-state index contributed by atoms with van der Waals surface area (Å²) in [5, 5.41) is 18.3. The van der Waals surface area contributed by atoms with Gasteiger partial charge in [-0.1, -0.05) is 33.1 Å². The Morgan fingerprint density at radius 2 is 1.50 bits per heavy atom. The van der Waals surface area contributed by atoms with E-state index in [1.807, 2.05) is 0 Å². The van der Waals surface area contributed by atoms with E-state index >= 15 is 0 Å². The van der Waals surface area contributed by atoms with Crippen molar-refractivity contribution in [3.8, 4) is 0 Å². The zero-order chi connectivity index (χ0) is 9.45. The first kappa shape index (κ1) is 11.9. The molecule has 74 valence electrons. The summed E-state index contributed by atoms with van der Waals surface area (Å²) in [6.07, 6.45) is 5.14. The van der Waals surface area contributed by atoms with Crippen molar-refractivity contribution in [1.82, 2.24) is 0 Å². The van der Waals surface area contributed by atoms with Crippen LogP contribution < -0.4 is 0 Å². The van der Waals surface area contributed by atoms with Crippen LogP contribution >= 0.6 is 0 Å². The van der Waals surface area contributed by atoms with Crippen molar-refractivity contribution in [2.45, 2.75) is 46.0 Å². The van der Waals surface area contributed by atoms with E-state index in [1.54, 1.807) is 0 Å². The van der Waals surface area contributed by atoms with Gasteiger partial charge in [-0.2, -0.15) is 0 Å². The molecule has 0 unspecified atom stereocenters. The third-order valence-electron chi connectivity index (χ3n) is 2.51. The van der Waals surface area contributed by atoms with Crippen LogP contribution in [0.4, 0.5) is 0 Å². The predicted octanol–water partition coefficient (Wildman–Crippen LogP) is 1.95. The summed E-state index contributed by atoms with van der Waals surface area (Å²) in [7, 11) is 0. The normalized spacial score (nSPS) is 12.0. The van der Waals surface area contributed by atoms with Crippen LogP contribution in [0.3, 0.4) is 0 Å². The number of aliphatic hydroxyl groups excluding tert-OH is 2. The largest absolute Gasteiger partial charge is 0.396 e. The highest BCUT2D eigenvalue weighted by Gasteiger charge is 2.26. The minimum atomic E-state index is -0.204. The second-order valence-corrected chi connectivity index (χ2v) is 3.67. The molecule has 0 saturated carbocycles. The molecule has 0 fully saturated rings. The molecular weight excluding hydrogens is 152 g/mol. The molecule has 0 radical (unpaired) electrons. The topological polar surface area (TPSA) is 40.5 Å². The van der Waals surface area contributed by atoms with Gasteiger partial charge in [0.2, 0.25) is 0 Å². The first-order chi connectivity index (χ1) is 5.74. The fraction of sp³-hybridized carbons (Fsp3) is 1.00. The van der Waals surface area contributed by atoms with Crippen molar-refractivity contribution in [2.24, 2.45) is 5.41 Å². The van der Waals surface area contributed by atoms with Crippen LogP contribution in [0.25, 0.3) is 0 Å². The predicted molar refractivity (Wildman–Crippen MR) is 51.0 cm³/mol. The first-order valence-electron chi connectivity index (χ1n) is 4.96. The van der Waals surface area contributed by atoms with Crippen LogP contribution in [-0.4, -0.2) is 23.4 Å². The van der Waals surface area contributed by atoms with Crippen LogP contribution in [-0.2, 0) is 0 Å². The quantitative estimate of drug-likeness (QED) is 0.619. The van der Waals surface area contributed by atoms with Gasteiger partial charge in [0.15, 0.2) is 0 Å². The molecule has 0 aromatic heterocycles. The highest BCUT2D eigenvalue weighted by molar-refractivity contribution is 4.76. The van der Waals surface area contributed by atoms with Gasteiger partial charge in [-0.3, -0.25) is 0 Å². The third kappa shape index (κ3) is 3.55. The smallest absolute Gasteiger partial charge is 0.0509 e. The SMILES string of the molecule is CCCCC(CO)(CO)CCC. The van der Waals surface area contributed by atoms with Gasteiger partial charge in [-0.25, -0.2) is 0 Å². The van der Waals surface area contributed by atoms with Gasteiger partial charge in [0.1, 0.15) is 0 Å². The molecule has 0 aromatic rings. The number of hydrogen-bond acceptors (Lipinski definition) is 2. The maximum absolute atomic E-state index is 9.17. The lowest BCUT2D eigenvalue weighted by atomic mass is 9.80. The van der Waals surface area contributed by atoms with Gasteiger partial charge < -0.3 is 10.2 Å². The molecular formula is C10H22O2. The van der Waals surface area contributed by atoms with Gasteiger partial charge >= 0.3 is 0 Å². The van der Waals surface area contributed by atoms with E-state index in [9.17, 15) is 10.2 Å². The molecule has 0 aliphatic heterocycles. The fourth-order valence-corrected chi connectivity index (χ4v) is 1.57. The number of aliphatic hydroxyl groups is 2. The molecule has 12 heavy (non-hydrogen) atoms. The van der Waals surface area contributed by atoms with Crippen LogP contribution in [0, 0.1) is 5.41 Å². The lowest BCUT2D eigenvalue weighted by Crippen LogP contribution is -2.29. The maximum atomic E-state index is 9.17. The van der Waals surface area contributed by atoms with E-state index in [4.69, 9.17) is 0 Å². The van der Waals surface area contributed by atoms with Crippen LogP contribution in [0.5, 0.6) is 0 Å². The van der Waals surface area contributed by atoms with Gasteiger partial charge in [-0.15, -0.1) is 0 Å². The molecule has 2 heteroatoms.